The first-order valence-corrected chi connectivity index (χ1v) is 25.1. The Kier molecular flexibility index (Phi) is 32.7. The Bertz CT molecular complexity index is 1790. The fourth-order valence-electron chi connectivity index (χ4n) is 6.13. The number of ether oxygens (including phenoxy) is 3. The Morgan fingerprint density at radius 3 is 1.64 bits per heavy atom. The van der Waals surface area contributed by atoms with E-state index in [-0.39, 0.29) is 35.6 Å². The number of aliphatic carboxylic acids is 2. The highest BCUT2D eigenvalue weighted by molar-refractivity contribution is 7.98. The predicted octanol–water partition coefficient (Wildman–Crippen LogP) is 1.98. The molecule has 2 rings (SSSR count). The molecule has 0 aliphatic heterocycles. The van der Waals surface area contributed by atoms with Crippen LogP contribution in [0.15, 0.2) is 36.4 Å². The van der Waals surface area contributed by atoms with Crippen molar-refractivity contribution in [3.8, 4) is 17.2 Å². The second kappa shape index (κ2) is 36.2. The Balaban J connectivity index is 0.00000323. The maximum absolute atomic E-state index is 13.5. The number of carbonyl (C=O) groups is 5. The second-order valence-corrected chi connectivity index (χ2v) is 17.5. The van der Waals surface area contributed by atoms with E-state index >= 15 is 0 Å². The van der Waals surface area contributed by atoms with Crippen LogP contribution in [0.3, 0.4) is 0 Å². The van der Waals surface area contributed by atoms with Crippen molar-refractivity contribution in [1.29, 1.82) is 0 Å². The lowest BCUT2D eigenvalue weighted by Crippen LogP contribution is -2.41. The van der Waals surface area contributed by atoms with Gasteiger partial charge in [-0.05, 0) is 144 Å². The fraction of sp³-hybridized carbons (Fsp3) is 0.622. The molecule has 20 nitrogen and oxygen atoms in total. The molecule has 0 saturated heterocycles. The summed E-state index contributed by atoms with van der Waals surface area (Å²) in [6, 6.07) is 8.74. The van der Waals surface area contributed by atoms with Crippen LogP contribution in [0, 0.1) is 17.8 Å². The molecule has 0 aliphatic rings. The maximum atomic E-state index is 13.5. The predicted molar refractivity (Wildman–Crippen MR) is 269 cm³/mol. The van der Waals surface area contributed by atoms with Crippen LogP contribution in [0.25, 0.3) is 0 Å². The SMILES string of the molecule is CSCC[C@H](NC(=O)c1ccc(NC[C@H](CS)NC(=O)CCCCCNC(=O)c2cc(OCCC(CN)CN)c(OCCC(CN)CN)c(OCCC(CN)CN)c2)cc1)C(=O)O.O=C(O)C(F)(F)F. The minimum absolute atomic E-state index is 0.0691. The van der Waals surface area contributed by atoms with E-state index in [1.807, 2.05) is 6.26 Å². The number of benzene rings is 2. The number of carbonyl (C=O) groups excluding carboxylic acids is 3. The van der Waals surface area contributed by atoms with Gasteiger partial charge in [-0.1, -0.05) is 6.42 Å². The summed E-state index contributed by atoms with van der Waals surface area (Å²) in [4.78, 5) is 59.3. The standard InChI is InChI=1S/C43H74N10O8S2.C2HF3O2/c1-63-18-13-36(43(57)58)53-42(56)32-6-8-34(9-7-32)51-27-35(28-62)52-39(54)5-3-2-4-14-50-41(55)33-19-37(59-15-10-29(21-44)22-45)40(61-17-12-31(25-48)26-49)38(20-33)60-16-11-30(23-46)24-47;3-2(4,5)1(6)7/h6-9,19-20,29-31,35-36,51,62H,2-5,10-18,21-28,44-49H2,1H3,(H,50,55)(H,52,54)(H,53,56)(H,57,58);(H,6,7)/t35-,36+;/m1./s1. The minimum atomic E-state index is -5.08. The summed E-state index contributed by atoms with van der Waals surface area (Å²) in [5.74, 6) is -2.42. The lowest BCUT2D eigenvalue weighted by atomic mass is 10.1. The molecular formula is C45H75F3N10O10S2. The van der Waals surface area contributed by atoms with E-state index in [4.69, 9.17) is 58.5 Å². The molecule has 0 bridgehead atoms. The molecule has 2 atom stereocenters. The molecule has 2 aromatic rings. The van der Waals surface area contributed by atoms with E-state index < -0.39 is 30.1 Å². The van der Waals surface area contributed by atoms with Crippen molar-refractivity contribution in [3.05, 3.63) is 47.5 Å². The van der Waals surface area contributed by atoms with Gasteiger partial charge in [-0.25, -0.2) is 9.59 Å². The molecule has 0 saturated carbocycles. The average Bonchev–Trinajstić information content (AvgIpc) is 3.34. The number of carboxylic acid groups (broad SMARTS) is 2. The van der Waals surface area contributed by atoms with Gasteiger partial charge in [0.1, 0.15) is 6.04 Å². The minimum Gasteiger partial charge on any atom is -0.490 e. The number of hydrogen-bond donors (Lipinski definition) is 13. The number of amides is 3. The Hall–Kier alpha value is -4.76. The zero-order chi connectivity index (χ0) is 52.5. The third kappa shape index (κ3) is 25.9. The highest BCUT2D eigenvalue weighted by Crippen LogP contribution is 2.40. The number of alkyl halides is 3. The normalized spacial score (nSPS) is 12.1. The molecule has 0 unspecified atom stereocenters. The topological polar surface area (TPSA) is 358 Å². The summed E-state index contributed by atoms with van der Waals surface area (Å²) >= 11 is 5.92. The number of rotatable bonds is 36. The van der Waals surface area contributed by atoms with Crippen molar-refractivity contribution >= 4 is 59.7 Å². The molecule has 25 heteroatoms. The smallest absolute Gasteiger partial charge is 0.490 e. The van der Waals surface area contributed by atoms with Gasteiger partial charge in [0.05, 0.1) is 25.9 Å². The maximum Gasteiger partial charge on any atom is 0.490 e. The van der Waals surface area contributed by atoms with Crippen LogP contribution in [0.2, 0.25) is 0 Å². The van der Waals surface area contributed by atoms with Gasteiger partial charge in [-0.15, -0.1) is 0 Å². The van der Waals surface area contributed by atoms with Crippen LogP contribution < -0.4 is 69.9 Å². The number of hydrogen-bond acceptors (Lipinski definition) is 17. The molecule has 3 amide bonds. The Morgan fingerprint density at radius 1 is 0.700 bits per heavy atom. The zero-order valence-corrected chi connectivity index (χ0v) is 41.5. The summed E-state index contributed by atoms with van der Waals surface area (Å²) in [6.07, 6.45) is 1.23. The highest BCUT2D eigenvalue weighted by Gasteiger charge is 2.38. The Labute approximate surface area is 417 Å². The summed E-state index contributed by atoms with van der Waals surface area (Å²) in [5.41, 5.74) is 36.6. The molecule has 18 N–H and O–H groups in total. The number of nitrogens with one attached hydrogen (secondary N) is 4. The van der Waals surface area contributed by atoms with Crippen LogP contribution in [-0.4, -0.2) is 148 Å². The number of halogens is 3. The van der Waals surface area contributed by atoms with Crippen molar-refractivity contribution in [1.82, 2.24) is 16.0 Å². The summed E-state index contributed by atoms with van der Waals surface area (Å²) in [7, 11) is 0. The van der Waals surface area contributed by atoms with Crippen molar-refractivity contribution < 1.29 is 61.6 Å². The van der Waals surface area contributed by atoms with Gasteiger partial charge in [0.15, 0.2) is 11.5 Å². The summed E-state index contributed by atoms with van der Waals surface area (Å²) in [6.45, 7) is 4.21. The number of carboxylic acids is 2. The molecule has 398 valence electrons. The molecule has 0 aliphatic carbocycles. The number of thiol groups is 1. The zero-order valence-electron chi connectivity index (χ0n) is 39.8. The lowest BCUT2D eigenvalue weighted by molar-refractivity contribution is -0.192. The second-order valence-electron chi connectivity index (χ2n) is 16.1. The summed E-state index contributed by atoms with van der Waals surface area (Å²) in [5, 5.41) is 28.3. The number of thioether (sulfide) groups is 1. The first-order valence-electron chi connectivity index (χ1n) is 23.0. The van der Waals surface area contributed by atoms with E-state index in [0.717, 1.165) is 5.69 Å². The van der Waals surface area contributed by atoms with E-state index in [1.54, 1.807) is 36.4 Å². The third-order valence-corrected chi connectivity index (χ3v) is 11.8. The van der Waals surface area contributed by atoms with Gasteiger partial charge in [0.2, 0.25) is 11.7 Å². The molecule has 0 heterocycles. The van der Waals surface area contributed by atoms with Crippen molar-refractivity contribution in [2.24, 2.45) is 52.2 Å². The number of anilines is 1. The molecule has 0 fully saturated rings. The molecule has 0 aromatic heterocycles. The average molecular weight is 1040 g/mol. The summed E-state index contributed by atoms with van der Waals surface area (Å²) < 4.78 is 50.4. The van der Waals surface area contributed by atoms with Crippen molar-refractivity contribution in [2.45, 2.75) is 69.6 Å². The quantitative estimate of drug-likeness (QED) is 0.0343. The molecule has 2 aromatic carbocycles. The molecule has 0 radical (unpaired) electrons. The first kappa shape index (κ1) is 63.3. The van der Waals surface area contributed by atoms with E-state index in [2.05, 4.69) is 33.9 Å². The van der Waals surface area contributed by atoms with E-state index in [0.29, 0.717) is 163 Å². The molecule has 70 heavy (non-hydrogen) atoms. The van der Waals surface area contributed by atoms with Crippen LogP contribution in [0.1, 0.15) is 72.1 Å². The van der Waals surface area contributed by atoms with Gasteiger partial charge < -0.3 is 80.1 Å². The van der Waals surface area contributed by atoms with E-state index in [9.17, 15) is 37.5 Å². The van der Waals surface area contributed by atoms with Gasteiger partial charge in [-0.3, -0.25) is 14.4 Å². The first-order chi connectivity index (χ1) is 33.4. The lowest BCUT2D eigenvalue weighted by Gasteiger charge is -2.21. The van der Waals surface area contributed by atoms with Crippen molar-refractivity contribution in [2.75, 3.05) is 95.3 Å². The van der Waals surface area contributed by atoms with Crippen LogP contribution in [0.5, 0.6) is 17.2 Å². The molecule has 0 spiro atoms. The van der Waals surface area contributed by atoms with Crippen LogP contribution >= 0.6 is 24.4 Å². The van der Waals surface area contributed by atoms with Gasteiger partial charge in [-0.2, -0.15) is 37.6 Å². The van der Waals surface area contributed by atoms with Gasteiger partial charge in [0, 0.05) is 42.1 Å². The Morgan fingerprint density at radius 2 is 1.20 bits per heavy atom. The highest BCUT2D eigenvalue weighted by atomic mass is 32.2. The van der Waals surface area contributed by atoms with Gasteiger partial charge in [0.25, 0.3) is 11.8 Å². The third-order valence-electron chi connectivity index (χ3n) is 10.7. The van der Waals surface area contributed by atoms with Crippen molar-refractivity contribution in [3.63, 3.8) is 0 Å². The number of nitrogens with two attached hydrogens (primary N) is 6. The van der Waals surface area contributed by atoms with Crippen LogP contribution in [0.4, 0.5) is 18.9 Å². The number of unbranched alkanes of at least 4 members (excludes halogenated alkanes) is 2. The monoisotopic (exact) mass is 1040 g/mol. The van der Waals surface area contributed by atoms with E-state index in [1.165, 1.54) is 11.8 Å². The largest absolute Gasteiger partial charge is 0.490 e. The fourth-order valence-corrected chi connectivity index (χ4v) is 6.82. The van der Waals surface area contributed by atoms with Gasteiger partial charge >= 0.3 is 18.1 Å². The molecular weight excluding hydrogens is 962 g/mol. The van der Waals surface area contributed by atoms with Crippen LogP contribution in [-0.2, 0) is 14.4 Å².